The number of aromatic nitrogens is 4. The number of carbonyl (C=O) groups excluding carboxylic acids is 1. The molecule has 1 N–H and O–H groups in total. The van der Waals surface area contributed by atoms with Crippen LogP contribution in [0.4, 0.5) is 5.69 Å². The van der Waals surface area contributed by atoms with Crippen molar-refractivity contribution in [1.82, 2.24) is 30.0 Å². The zero-order chi connectivity index (χ0) is 21.1. The van der Waals surface area contributed by atoms with Crippen LogP contribution in [0.1, 0.15) is 13.8 Å². The van der Waals surface area contributed by atoms with E-state index in [1.165, 1.54) is 0 Å². The van der Waals surface area contributed by atoms with Crippen LogP contribution in [0.3, 0.4) is 0 Å². The molecule has 1 aliphatic heterocycles. The minimum Gasteiger partial charge on any atom is -0.497 e. The maximum atomic E-state index is 12.1. The monoisotopic (exact) mass is 409 g/mol. The number of hydrogen-bond acceptors (Lipinski definition) is 7. The third-order valence-corrected chi connectivity index (χ3v) is 5.16. The number of methoxy groups -OCH3 is 1. The molecule has 0 aliphatic carbocycles. The zero-order valence-electron chi connectivity index (χ0n) is 17.6. The minimum absolute atomic E-state index is 0.0731. The smallest absolute Gasteiger partial charge is 0.234 e. The first-order valence-electron chi connectivity index (χ1n) is 10.2. The maximum absolute atomic E-state index is 12.1. The quantitative estimate of drug-likeness (QED) is 0.659. The van der Waals surface area contributed by atoms with Crippen LogP contribution >= 0.6 is 0 Å². The van der Waals surface area contributed by atoms with Gasteiger partial charge < -0.3 is 15.0 Å². The molecular weight excluding hydrogens is 382 g/mol. The fourth-order valence-corrected chi connectivity index (χ4v) is 3.66. The van der Waals surface area contributed by atoms with Crippen molar-refractivity contribution < 1.29 is 9.53 Å². The number of amides is 1. The van der Waals surface area contributed by atoms with Crippen LogP contribution in [0.2, 0.25) is 0 Å². The fraction of sp³-hybridized carbons (Fsp3) is 0.429. The van der Waals surface area contributed by atoms with E-state index in [-0.39, 0.29) is 11.9 Å². The van der Waals surface area contributed by atoms with E-state index in [1.807, 2.05) is 38.1 Å². The Kier molecular flexibility index (Phi) is 5.80. The van der Waals surface area contributed by atoms with Gasteiger partial charge in [-0.2, -0.15) is 9.61 Å². The van der Waals surface area contributed by atoms with Gasteiger partial charge in [-0.3, -0.25) is 9.69 Å². The molecule has 0 spiro atoms. The van der Waals surface area contributed by atoms with Gasteiger partial charge in [0.25, 0.3) is 0 Å². The Labute approximate surface area is 175 Å². The summed E-state index contributed by atoms with van der Waals surface area (Å²) in [6, 6.07) is 10.1. The molecule has 2 aromatic heterocycles. The lowest BCUT2D eigenvalue weighted by Crippen LogP contribution is -2.50. The molecule has 1 aromatic carbocycles. The van der Waals surface area contributed by atoms with E-state index in [4.69, 9.17) is 4.74 Å². The largest absolute Gasteiger partial charge is 0.497 e. The molecule has 1 amide bonds. The summed E-state index contributed by atoms with van der Waals surface area (Å²) in [4.78, 5) is 16.5. The number of piperazine rings is 1. The van der Waals surface area contributed by atoms with Crippen LogP contribution in [0.25, 0.3) is 16.9 Å². The van der Waals surface area contributed by atoms with Crippen LogP contribution in [0, 0.1) is 0 Å². The second kappa shape index (κ2) is 8.66. The van der Waals surface area contributed by atoms with Gasteiger partial charge in [0.15, 0.2) is 0 Å². The maximum Gasteiger partial charge on any atom is 0.234 e. The van der Waals surface area contributed by atoms with Gasteiger partial charge >= 0.3 is 0 Å². The minimum atomic E-state index is 0.0731. The molecule has 0 atom stereocenters. The third kappa shape index (κ3) is 4.35. The number of nitrogens with zero attached hydrogens (tertiary/aromatic N) is 6. The van der Waals surface area contributed by atoms with Gasteiger partial charge in [-0.1, -0.05) is 0 Å². The van der Waals surface area contributed by atoms with Crippen LogP contribution in [0.5, 0.6) is 5.75 Å². The molecule has 3 aromatic rings. The number of anilines is 1. The average molecular weight is 409 g/mol. The average Bonchev–Trinajstić information content (AvgIpc) is 3.22. The zero-order valence-corrected chi connectivity index (χ0v) is 17.6. The summed E-state index contributed by atoms with van der Waals surface area (Å²) in [6.45, 7) is 7.62. The van der Waals surface area contributed by atoms with E-state index in [2.05, 4.69) is 36.5 Å². The summed E-state index contributed by atoms with van der Waals surface area (Å²) >= 11 is 0. The Morgan fingerprint density at radius 1 is 1.17 bits per heavy atom. The molecule has 0 saturated carbocycles. The van der Waals surface area contributed by atoms with Crippen LogP contribution in [0.15, 0.2) is 36.7 Å². The van der Waals surface area contributed by atoms with Gasteiger partial charge in [0.05, 0.1) is 25.0 Å². The first-order valence-corrected chi connectivity index (χ1v) is 10.2. The molecular formula is C21H27N7O2. The van der Waals surface area contributed by atoms with E-state index in [0.717, 1.165) is 54.5 Å². The second-order valence-corrected chi connectivity index (χ2v) is 7.73. The molecule has 0 radical (unpaired) electrons. The van der Waals surface area contributed by atoms with Crippen molar-refractivity contribution in [3.63, 3.8) is 0 Å². The standard InChI is InChI=1S/C21H27N7O2/c1-15(2)23-20(29)13-26-8-10-27(11-9-26)19-12-18(25-28-14-22-24-21(19)28)16-4-6-17(30-3)7-5-16/h4-7,12,14-15H,8-11,13H2,1-3H3,(H,23,29). The second-order valence-electron chi connectivity index (χ2n) is 7.73. The molecule has 30 heavy (non-hydrogen) atoms. The van der Waals surface area contributed by atoms with Crippen molar-refractivity contribution in [3.05, 3.63) is 36.7 Å². The van der Waals surface area contributed by atoms with Gasteiger partial charge in [0.1, 0.15) is 12.1 Å². The van der Waals surface area contributed by atoms with Crippen LogP contribution in [-0.2, 0) is 4.79 Å². The summed E-state index contributed by atoms with van der Waals surface area (Å²) in [5.74, 6) is 0.881. The number of nitrogens with one attached hydrogen (secondary N) is 1. The lowest BCUT2D eigenvalue weighted by Gasteiger charge is -2.35. The van der Waals surface area contributed by atoms with Crippen LogP contribution in [-0.4, -0.2) is 76.5 Å². The number of ether oxygens (including phenoxy) is 1. The molecule has 0 bridgehead atoms. The van der Waals surface area contributed by atoms with Gasteiger partial charge in [0.2, 0.25) is 11.6 Å². The van der Waals surface area contributed by atoms with Gasteiger partial charge in [-0.15, -0.1) is 10.2 Å². The Balaban J connectivity index is 1.53. The highest BCUT2D eigenvalue weighted by atomic mass is 16.5. The number of hydrogen-bond donors (Lipinski definition) is 1. The summed E-state index contributed by atoms with van der Waals surface area (Å²) in [7, 11) is 1.65. The topological polar surface area (TPSA) is 87.9 Å². The highest BCUT2D eigenvalue weighted by Gasteiger charge is 2.22. The van der Waals surface area contributed by atoms with Crippen molar-refractivity contribution >= 4 is 17.2 Å². The van der Waals surface area contributed by atoms with E-state index >= 15 is 0 Å². The van der Waals surface area contributed by atoms with E-state index < -0.39 is 0 Å². The molecule has 4 rings (SSSR count). The predicted molar refractivity (Wildman–Crippen MR) is 115 cm³/mol. The third-order valence-electron chi connectivity index (χ3n) is 5.16. The number of carbonyl (C=O) groups is 1. The molecule has 9 nitrogen and oxygen atoms in total. The molecule has 0 unspecified atom stereocenters. The van der Waals surface area contributed by atoms with E-state index in [1.54, 1.807) is 18.0 Å². The first kappa shape index (κ1) is 20.1. The van der Waals surface area contributed by atoms with Crippen molar-refractivity contribution in [2.75, 3.05) is 44.7 Å². The summed E-state index contributed by atoms with van der Waals surface area (Å²) in [6.07, 6.45) is 1.62. The van der Waals surface area contributed by atoms with Crippen molar-refractivity contribution in [3.8, 4) is 17.0 Å². The summed E-state index contributed by atoms with van der Waals surface area (Å²) in [5.41, 5.74) is 3.58. The molecule has 1 aliphatic rings. The predicted octanol–water partition coefficient (Wildman–Crippen LogP) is 1.45. The highest BCUT2D eigenvalue weighted by Crippen LogP contribution is 2.28. The van der Waals surface area contributed by atoms with Crippen molar-refractivity contribution in [1.29, 1.82) is 0 Å². The molecule has 3 heterocycles. The van der Waals surface area contributed by atoms with Gasteiger partial charge in [-0.25, -0.2) is 0 Å². The van der Waals surface area contributed by atoms with E-state index in [9.17, 15) is 4.79 Å². The van der Waals surface area contributed by atoms with Gasteiger partial charge in [0, 0.05) is 37.8 Å². The molecule has 1 saturated heterocycles. The Morgan fingerprint density at radius 3 is 2.57 bits per heavy atom. The Hall–Kier alpha value is -3.20. The molecule has 158 valence electrons. The summed E-state index contributed by atoms with van der Waals surface area (Å²) in [5, 5.41) is 15.9. The lowest BCUT2D eigenvalue weighted by molar-refractivity contribution is -0.122. The van der Waals surface area contributed by atoms with Crippen LogP contribution < -0.4 is 15.0 Å². The lowest BCUT2D eigenvalue weighted by atomic mass is 10.1. The first-order chi connectivity index (χ1) is 14.5. The van der Waals surface area contributed by atoms with Crippen molar-refractivity contribution in [2.24, 2.45) is 0 Å². The van der Waals surface area contributed by atoms with Crippen molar-refractivity contribution in [2.45, 2.75) is 19.9 Å². The number of fused-ring (bicyclic) bond motifs is 1. The Bertz CT molecular complexity index is 1010. The number of rotatable bonds is 6. The normalized spacial score (nSPS) is 15.0. The SMILES string of the molecule is COc1ccc(-c2cc(N3CCN(CC(=O)NC(C)C)CC3)c3nncn3n2)cc1. The molecule has 1 fully saturated rings. The fourth-order valence-electron chi connectivity index (χ4n) is 3.66. The Morgan fingerprint density at radius 2 is 1.90 bits per heavy atom. The van der Waals surface area contributed by atoms with Gasteiger partial charge in [-0.05, 0) is 44.2 Å². The molecule has 9 heteroatoms. The van der Waals surface area contributed by atoms with E-state index in [0.29, 0.717) is 6.54 Å². The highest BCUT2D eigenvalue weighted by molar-refractivity contribution is 5.78. The number of benzene rings is 1. The summed E-state index contributed by atoms with van der Waals surface area (Å²) < 4.78 is 6.97.